The van der Waals surface area contributed by atoms with Crippen molar-refractivity contribution < 1.29 is 27.9 Å². The highest BCUT2D eigenvalue weighted by Gasteiger charge is 2.38. The van der Waals surface area contributed by atoms with E-state index in [1.165, 1.54) is 17.2 Å². The van der Waals surface area contributed by atoms with Crippen molar-refractivity contribution in [3.8, 4) is 0 Å². The number of allylic oxidation sites excluding steroid dienone is 5. The Morgan fingerprint density at radius 1 is 1.13 bits per heavy atom. The SMILES string of the molecule is CCc1cc(/C(C)=N/OCC2=CC=C(C3CCCCC3)C(C(F)(F)F)=CC2)ccc1CN1CC(C(=O)O)C1. The van der Waals surface area contributed by atoms with Crippen LogP contribution in [0, 0.1) is 11.8 Å². The van der Waals surface area contributed by atoms with Gasteiger partial charge in [-0.3, -0.25) is 9.69 Å². The lowest BCUT2D eigenvalue weighted by Gasteiger charge is -2.37. The molecule has 8 heteroatoms. The summed E-state index contributed by atoms with van der Waals surface area (Å²) in [5, 5.41) is 13.3. The molecule has 0 unspecified atom stereocenters. The summed E-state index contributed by atoms with van der Waals surface area (Å²) >= 11 is 0. The number of aryl methyl sites for hydroxylation is 1. The van der Waals surface area contributed by atoms with E-state index in [2.05, 4.69) is 29.1 Å². The van der Waals surface area contributed by atoms with E-state index in [1.54, 1.807) is 12.2 Å². The van der Waals surface area contributed by atoms with Gasteiger partial charge in [-0.15, -0.1) is 0 Å². The molecule has 1 aromatic carbocycles. The predicted molar refractivity (Wildman–Crippen MR) is 142 cm³/mol. The molecule has 2 fully saturated rings. The van der Waals surface area contributed by atoms with Crippen molar-refractivity contribution in [3.05, 3.63) is 69.8 Å². The van der Waals surface area contributed by atoms with Gasteiger partial charge in [0.1, 0.15) is 6.61 Å². The first kappa shape index (κ1) is 28.1. The smallest absolute Gasteiger partial charge is 0.416 e. The van der Waals surface area contributed by atoms with Crippen molar-refractivity contribution in [2.24, 2.45) is 17.0 Å². The number of hydrogen-bond donors (Lipinski definition) is 1. The van der Waals surface area contributed by atoms with Crippen LogP contribution in [-0.2, 0) is 22.6 Å². The highest BCUT2D eigenvalue weighted by molar-refractivity contribution is 5.98. The molecular weight excluding hydrogens is 493 g/mol. The third-order valence-corrected chi connectivity index (χ3v) is 7.89. The number of benzene rings is 1. The van der Waals surface area contributed by atoms with Crippen molar-refractivity contribution in [1.29, 1.82) is 0 Å². The van der Waals surface area contributed by atoms with Crippen LogP contribution in [0.4, 0.5) is 13.2 Å². The Hall–Kier alpha value is -2.87. The minimum Gasteiger partial charge on any atom is -0.481 e. The van der Waals surface area contributed by atoms with E-state index < -0.39 is 17.7 Å². The molecule has 0 radical (unpaired) electrons. The van der Waals surface area contributed by atoms with Gasteiger partial charge in [0.05, 0.1) is 17.2 Å². The number of halogens is 3. The zero-order valence-electron chi connectivity index (χ0n) is 22.2. The minimum absolute atomic E-state index is 0.0381. The Balaban J connectivity index is 1.39. The fraction of sp³-hybridized carbons (Fsp3) is 0.533. The fourth-order valence-electron chi connectivity index (χ4n) is 5.57. The van der Waals surface area contributed by atoms with Crippen LogP contribution in [0.15, 0.2) is 58.3 Å². The quantitative estimate of drug-likeness (QED) is 0.281. The molecule has 1 N–H and O–H groups in total. The Kier molecular flexibility index (Phi) is 9.13. The third-order valence-electron chi connectivity index (χ3n) is 7.89. The van der Waals surface area contributed by atoms with E-state index in [0.717, 1.165) is 56.2 Å². The molecule has 1 heterocycles. The molecule has 0 spiro atoms. The van der Waals surface area contributed by atoms with Crippen LogP contribution in [0.25, 0.3) is 0 Å². The van der Waals surface area contributed by atoms with E-state index in [4.69, 9.17) is 9.94 Å². The average Bonchev–Trinajstić information content (AvgIpc) is 3.09. The van der Waals surface area contributed by atoms with Crippen LogP contribution in [0.5, 0.6) is 0 Å². The molecule has 38 heavy (non-hydrogen) atoms. The van der Waals surface area contributed by atoms with Gasteiger partial charge in [0.25, 0.3) is 0 Å². The maximum Gasteiger partial charge on any atom is 0.416 e. The Bertz CT molecular complexity index is 1140. The molecule has 4 rings (SSSR count). The van der Waals surface area contributed by atoms with Crippen molar-refractivity contribution in [2.75, 3.05) is 19.7 Å². The van der Waals surface area contributed by atoms with E-state index in [0.29, 0.717) is 24.4 Å². The number of likely N-dealkylation sites (tertiary alicyclic amines) is 1. The standard InChI is InChI=1S/C30H37F3N2O3/c1-3-22-15-24(11-12-25(22)16-35-17-26(18-35)29(36)37)20(2)34-38-19-21-9-13-27(23-7-5-4-6-8-23)28(14-10-21)30(31,32)33/h9,11-15,23,26H,3-8,10,16-19H2,1-2H3,(H,36,37)/b34-20+. The molecule has 0 atom stereocenters. The number of carbonyl (C=O) groups is 1. The average molecular weight is 531 g/mol. The molecule has 5 nitrogen and oxygen atoms in total. The van der Waals surface area contributed by atoms with E-state index in [1.807, 2.05) is 13.0 Å². The monoisotopic (exact) mass is 530 g/mol. The zero-order chi connectivity index (χ0) is 27.3. The van der Waals surface area contributed by atoms with E-state index >= 15 is 0 Å². The number of aliphatic carboxylic acids is 1. The molecule has 0 bridgehead atoms. The molecular formula is C30H37F3N2O3. The topological polar surface area (TPSA) is 62.1 Å². The normalized spacial score (nSPS) is 20.2. The summed E-state index contributed by atoms with van der Waals surface area (Å²) in [6, 6.07) is 6.11. The third kappa shape index (κ3) is 6.95. The van der Waals surface area contributed by atoms with E-state index in [-0.39, 0.29) is 24.9 Å². The molecule has 0 amide bonds. The summed E-state index contributed by atoms with van der Waals surface area (Å²) in [4.78, 5) is 18.8. The van der Waals surface area contributed by atoms with Gasteiger partial charge >= 0.3 is 12.1 Å². The second-order valence-corrected chi connectivity index (χ2v) is 10.6. The minimum atomic E-state index is -4.36. The van der Waals surface area contributed by atoms with Crippen molar-refractivity contribution in [1.82, 2.24) is 4.90 Å². The van der Waals surface area contributed by atoms with Crippen LogP contribution >= 0.6 is 0 Å². The Morgan fingerprint density at radius 2 is 1.87 bits per heavy atom. The molecule has 1 saturated carbocycles. The highest BCUT2D eigenvalue weighted by atomic mass is 19.4. The Labute approximate surface area is 222 Å². The number of alkyl halides is 3. The molecule has 1 aliphatic heterocycles. The number of hydrogen-bond acceptors (Lipinski definition) is 4. The molecule has 1 saturated heterocycles. The Morgan fingerprint density at radius 3 is 2.53 bits per heavy atom. The van der Waals surface area contributed by atoms with Gasteiger partial charge in [-0.1, -0.05) is 61.7 Å². The number of carboxylic acid groups (broad SMARTS) is 1. The lowest BCUT2D eigenvalue weighted by Crippen LogP contribution is -2.49. The lowest BCUT2D eigenvalue weighted by molar-refractivity contribution is -0.147. The summed E-state index contributed by atoms with van der Waals surface area (Å²) in [5.74, 6) is -1.06. The first-order valence-electron chi connectivity index (χ1n) is 13.6. The highest BCUT2D eigenvalue weighted by Crippen LogP contribution is 2.41. The number of rotatable bonds is 9. The zero-order valence-corrected chi connectivity index (χ0v) is 22.2. The van der Waals surface area contributed by atoms with Crippen molar-refractivity contribution in [3.63, 3.8) is 0 Å². The summed E-state index contributed by atoms with van der Waals surface area (Å²) in [6.45, 7) is 5.93. The number of carboxylic acids is 1. The van der Waals surface area contributed by atoms with Crippen LogP contribution in [0.1, 0.15) is 69.1 Å². The van der Waals surface area contributed by atoms with E-state index in [9.17, 15) is 18.0 Å². The lowest BCUT2D eigenvalue weighted by atomic mass is 9.80. The number of nitrogens with zero attached hydrogens (tertiary/aromatic N) is 2. The van der Waals surface area contributed by atoms with Gasteiger partial charge < -0.3 is 9.94 Å². The second-order valence-electron chi connectivity index (χ2n) is 10.6. The van der Waals surface area contributed by atoms with Crippen molar-refractivity contribution >= 4 is 11.7 Å². The van der Waals surface area contributed by atoms with Crippen LogP contribution in [0.3, 0.4) is 0 Å². The summed E-state index contributed by atoms with van der Waals surface area (Å²) in [7, 11) is 0. The molecule has 2 aliphatic carbocycles. The largest absolute Gasteiger partial charge is 0.481 e. The van der Waals surface area contributed by atoms with Gasteiger partial charge in [0.15, 0.2) is 0 Å². The first-order valence-corrected chi connectivity index (χ1v) is 13.6. The van der Waals surface area contributed by atoms with Gasteiger partial charge in [-0.05, 0) is 72.4 Å². The van der Waals surface area contributed by atoms with Gasteiger partial charge in [0, 0.05) is 19.6 Å². The molecule has 3 aliphatic rings. The second kappa shape index (κ2) is 12.3. The first-order chi connectivity index (χ1) is 18.2. The number of oxime groups is 1. The summed E-state index contributed by atoms with van der Waals surface area (Å²) in [6.07, 6.45) is 6.06. The van der Waals surface area contributed by atoms with Crippen LogP contribution in [-0.4, -0.2) is 47.6 Å². The summed E-state index contributed by atoms with van der Waals surface area (Å²) < 4.78 is 41.5. The fourth-order valence-corrected chi connectivity index (χ4v) is 5.57. The maximum atomic E-state index is 13.8. The molecule has 206 valence electrons. The van der Waals surface area contributed by atoms with Crippen LogP contribution < -0.4 is 0 Å². The van der Waals surface area contributed by atoms with Gasteiger partial charge in [-0.2, -0.15) is 13.2 Å². The van der Waals surface area contributed by atoms with Gasteiger partial charge in [0.2, 0.25) is 0 Å². The molecule has 1 aromatic rings. The molecule has 0 aromatic heterocycles. The van der Waals surface area contributed by atoms with Crippen molar-refractivity contribution in [2.45, 2.75) is 71.5 Å². The predicted octanol–water partition coefficient (Wildman–Crippen LogP) is 6.83. The summed E-state index contributed by atoms with van der Waals surface area (Å²) in [5.41, 5.74) is 4.63. The van der Waals surface area contributed by atoms with Crippen LogP contribution in [0.2, 0.25) is 0 Å². The van der Waals surface area contributed by atoms with Gasteiger partial charge in [-0.25, -0.2) is 0 Å². The maximum absolute atomic E-state index is 13.8.